The molecule has 1 aromatic carbocycles. The summed E-state index contributed by atoms with van der Waals surface area (Å²) in [6.07, 6.45) is 2.24. The molecule has 0 saturated heterocycles. The summed E-state index contributed by atoms with van der Waals surface area (Å²) in [6, 6.07) is 8.59. The SMILES string of the molecule is Nc1ccc(OCCCn2cc(Cl)cc(Cl)c2=O)cc1. The molecule has 0 spiro atoms. The summed E-state index contributed by atoms with van der Waals surface area (Å²) in [5, 5.41) is 0.561. The van der Waals surface area contributed by atoms with Gasteiger partial charge < -0.3 is 15.0 Å². The van der Waals surface area contributed by atoms with E-state index in [0.29, 0.717) is 30.3 Å². The number of nitrogen functional groups attached to an aromatic ring is 1. The largest absolute Gasteiger partial charge is 0.494 e. The van der Waals surface area contributed by atoms with Crippen molar-refractivity contribution >= 4 is 28.9 Å². The molecule has 0 bridgehead atoms. The van der Waals surface area contributed by atoms with Gasteiger partial charge in [0.25, 0.3) is 5.56 Å². The molecule has 2 N–H and O–H groups in total. The zero-order valence-corrected chi connectivity index (χ0v) is 12.2. The van der Waals surface area contributed by atoms with Gasteiger partial charge in [0.05, 0.1) is 11.6 Å². The van der Waals surface area contributed by atoms with Crippen LogP contribution in [0.4, 0.5) is 5.69 Å². The van der Waals surface area contributed by atoms with E-state index >= 15 is 0 Å². The van der Waals surface area contributed by atoms with Crippen LogP contribution in [0, 0.1) is 0 Å². The van der Waals surface area contributed by atoms with Crippen LogP contribution < -0.4 is 16.0 Å². The van der Waals surface area contributed by atoms with Gasteiger partial charge >= 0.3 is 0 Å². The molecule has 0 unspecified atom stereocenters. The zero-order chi connectivity index (χ0) is 14.5. The first-order valence-corrected chi connectivity index (χ1v) is 6.85. The highest BCUT2D eigenvalue weighted by atomic mass is 35.5. The number of aromatic nitrogens is 1. The fourth-order valence-corrected chi connectivity index (χ4v) is 2.23. The number of benzene rings is 1. The lowest BCUT2D eigenvalue weighted by molar-refractivity contribution is 0.301. The molecule has 2 rings (SSSR count). The van der Waals surface area contributed by atoms with E-state index < -0.39 is 0 Å². The average Bonchev–Trinajstić information content (AvgIpc) is 2.42. The Bertz CT molecular complexity index is 639. The van der Waals surface area contributed by atoms with Gasteiger partial charge in [0.2, 0.25) is 0 Å². The second-order valence-electron chi connectivity index (χ2n) is 4.28. The molecule has 0 saturated carbocycles. The van der Waals surface area contributed by atoms with Crippen LogP contribution >= 0.6 is 23.2 Å². The number of pyridine rings is 1. The van der Waals surface area contributed by atoms with Gasteiger partial charge in [-0.15, -0.1) is 0 Å². The predicted molar refractivity (Wildman–Crippen MR) is 81.7 cm³/mol. The van der Waals surface area contributed by atoms with Crippen LogP contribution in [0.1, 0.15) is 6.42 Å². The van der Waals surface area contributed by atoms with Crippen LogP contribution in [0.5, 0.6) is 5.75 Å². The van der Waals surface area contributed by atoms with Gasteiger partial charge in [-0.25, -0.2) is 0 Å². The summed E-state index contributed by atoms with van der Waals surface area (Å²) in [6.45, 7) is 0.981. The highest BCUT2D eigenvalue weighted by Crippen LogP contribution is 2.14. The molecule has 1 heterocycles. The Morgan fingerprint density at radius 3 is 2.60 bits per heavy atom. The topological polar surface area (TPSA) is 57.2 Å². The van der Waals surface area contributed by atoms with Crippen molar-refractivity contribution in [1.29, 1.82) is 0 Å². The van der Waals surface area contributed by atoms with E-state index in [-0.39, 0.29) is 10.6 Å². The third-order valence-electron chi connectivity index (χ3n) is 2.70. The van der Waals surface area contributed by atoms with Crippen LogP contribution in [0.3, 0.4) is 0 Å². The Labute approximate surface area is 126 Å². The zero-order valence-electron chi connectivity index (χ0n) is 10.7. The molecule has 4 nitrogen and oxygen atoms in total. The molecule has 1 aromatic heterocycles. The van der Waals surface area contributed by atoms with Gasteiger partial charge in [-0.2, -0.15) is 0 Å². The average molecular weight is 313 g/mol. The molecule has 0 atom stereocenters. The lowest BCUT2D eigenvalue weighted by Crippen LogP contribution is -2.20. The van der Waals surface area contributed by atoms with E-state index in [9.17, 15) is 4.79 Å². The first-order chi connectivity index (χ1) is 9.56. The fraction of sp³-hybridized carbons (Fsp3) is 0.214. The van der Waals surface area contributed by atoms with Crippen molar-refractivity contribution < 1.29 is 4.74 Å². The molecule has 6 heteroatoms. The van der Waals surface area contributed by atoms with Crippen molar-refractivity contribution in [2.75, 3.05) is 12.3 Å². The molecule has 0 radical (unpaired) electrons. The Kier molecular flexibility index (Phi) is 4.93. The van der Waals surface area contributed by atoms with E-state index in [0.717, 1.165) is 5.75 Å². The minimum absolute atomic E-state index is 0.122. The van der Waals surface area contributed by atoms with Crippen LogP contribution in [-0.4, -0.2) is 11.2 Å². The fourth-order valence-electron chi connectivity index (χ4n) is 1.72. The number of halogens is 2. The third kappa shape index (κ3) is 3.92. The lowest BCUT2D eigenvalue weighted by atomic mass is 10.3. The summed E-state index contributed by atoms with van der Waals surface area (Å²) >= 11 is 11.6. The van der Waals surface area contributed by atoms with Crippen molar-refractivity contribution in [2.24, 2.45) is 0 Å². The van der Waals surface area contributed by atoms with Crippen molar-refractivity contribution in [1.82, 2.24) is 4.57 Å². The molecule has 0 fully saturated rings. The highest BCUT2D eigenvalue weighted by Gasteiger charge is 2.03. The van der Waals surface area contributed by atoms with Gasteiger partial charge in [0.1, 0.15) is 10.8 Å². The Morgan fingerprint density at radius 1 is 1.20 bits per heavy atom. The third-order valence-corrected chi connectivity index (χ3v) is 3.18. The van der Waals surface area contributed by atoms with Crippen LogP contribution in [0.25, 0.3) is 0 Å². The Balaban J connectivity index is 1.87. The monoisotopic (exact) mass is 312 g/mol. The summed E-state index contributed by atoms with van der Waals surface area (Å²) in [5.41, 5.74) is 6.03. The number of aryl methyl sites for hydroxylation is 1. The van der Waals surface area contributed by atoms with E-state index in [1.54, 1.807) is 30.5 Å². The van der Waals surface area contributed by atoms with Crippen LogP contribution in [0.15, 0.2) is 41.3 Å². The number of rotatable bonds is 5. The maximum atomic E-state index is 11.7. The standard InChI is InChI=1S/C14H14Cl2N2O2/c15-10-8-13(16)14(19)18(9-10)6-1-7-20-12-4-2-11(17)3-5-12/h2-5,8-9H,1,6-7,17H2. The van der Waals surface area contributed by atoms with Gasteiger partial charge in [-0.1, -0.05) is 23.2 Å². The minimum atomic E-state index is -0.247. The predicted octanol–water partition coefficient (Wildman–Crippen LogP) is 3.21. The number of anilines is 1. The molecule has 0 amide bonds. The first kappa shape index (κ1) is 14.8. The first-order valence-electron chi connectivity index (χ1n) is 6.10. The molecule has 0 aliphatic carbocycles. The number of nitrogens with zero attached hydrogens (tertiary/aromatic N) is 1. The summed E-state index contributed by atoms with van der Waals surface area (Å²) in [7, 11) is 0. The quantitative estimate of drug-likeness (QED) is 0.681. The number of hydrogen-bond donors (Lipinski definition) is 1. The van der Waals surface area contributed by atoms with Crippen LogP contribution in [0.2, 0.25) is 10.0 Å². The summed E-state index contributed by atoms with van der Waals surface area (Å²) in [5.74, 6) is 0.746. The van der Waals surface area contributed by atoms with Crippen molar-refractivity contribution in [2.45, 2.75) is 13.0 Å². The molecule has 106 valence electrons. The maximum absolute atomic E-state index is 11.7. The molecule has 2 aromatic rings. The summed E-state index contributed by atoms with van der Waals surface area (Å²) in [4.78, 5) is 11.7. The van der Waals surface area contributed by atoms with Gasteiger partial charge in [0.15, 0.2) is 0 Å². The smallest absolute Gasteiger partial charge is 0.269 e. The molecule has 0 aliphatic heterocycles. The normalized spacial score (nSPS) is 10.5. The van der Waals surface area contributed by atoms with E-state index in [1.165, 1.54) is 10.6 Å². The van der Waals surface area contributed by atoms with E-state index in [1.807, 2.05) is 0 Å². The van der Waals surface area contributed by atoms with E-state index in [2.05, 4.69) is 0 Å². The second-order valence-corrected chi connectivity index (χ2v) is 5.12. The molecule has 20 heavy (non-hydrogen) atoms. The van der Waals surface area contributed by atoms with E-state index in [4.69, 9.17) is 33.7 Å². The molecular formula is C14H14Cl2N2O2. The Morgan fingerprint density at radius 2 is 1.90 bits per heavy atom. The Hall–Kier alpha value is -1.65. The van der Waals surface area contributed by atoms with Gasteiger partial charge in [-0.05, 0) is 36.8 Å². The minimum Gasteiger partial charge on any atom is -0.494 e. The van der Waals surface area contributed by atoms with Crippen molar-refractivity contribution in [3.63, 3.8) is 0 Å². The van der Waals surface area contributed by atoms with Gasteiger partial charge in [0, 0.05) is 18.4 Å². The van der Waals surface area contributed by atoms with Crippen molar-refractivity contribution in [3.05, 3.63) is 56.9 Å². The number of hydrogen-bond acceptors (Lipinski definition) is 3. The molecular weight excluding hydrogens is 299 g/mol. The lowest BCUT2D eigenvalue weighted by Gasteiger charge is -2.09. The maximum Gasteiger partial charge on any atom is 0.269 e. The summed E-state index contributed by atoms with van der Waals surface area (Å²) < 4.78 is 7.03. The van der Waals surface area contributed by atoms with Crippen LogP contribution in [-0.2, 0) is 6.54 Å². The molecule has 0 aliphatic rings. The number of ether oxygens (including phenoxy) is 1. The second kappa shape index (κ2) is 6.68. The van der Waals surface area contributed by atoms with Gasteiger partial charge in [-0.3, -0.25) is 4.79 Å². The number of nitrogens with two attached hydrogens (primary N) is 1. The highest BCUT2D eigenvalue weighted by molar-refractivity contribution is 6.34. The van der Waals surface area contributed by atoms with Crippen molar-refractivity contribution in [3.8, 4) is 5.75 Å².